The number of ether oxygens (including phenoxy) is 3. The fourth-order valence-electron chi connectivity index (χ4n) is 3.56. The first kappa shape index (κ1) is 24.0. The number of nitrogens with zero attached hydrogens (tertiary/aromatic N) is 4. The van der Waals surface area contributed by atoms with Crippen LogP contribution >= 0.6 is 0 Å². The lowest BCUT2D eigenvalue weighted by molar-refractivity contribution is 0.0595. The number of para-hydroxylation sites is 1. The molecule has 2 heterocycles. The molecule has 0 saturated carbocycles. The van der Waals surface area contributed by atoms with Crippen LogP contribution in [0.5, 0.6) is 17.4 Å². The first-order valence-electron chi connectivity index (χ1n) is 11.0. The number of benzene rings is 2. The van der Waals surface area contributed by atoms with Gasteiger partial charge in [-0.2, -0.15) is 4.98 Å². The molecule has 35 heavy (non-hydrogen) atoms. The van der Waals surface area contributed by atoms with Gasteiger partial charge in [-0.3, -0.25) is 9.36 Å². The molecule has 4 aromatic rings. The summed E-state index contributed by atoms with van der Waals surface area (Å²) in [6, 6.07) is 14.7. The number of aromatic nitrogens is 4. The van der Waals surface area contributed by atoms with E-state index < -0.39 is 11.4 Å². The van der Waals surface area contributed by atoms with Crippen molar-refractivity contribution in [1.82, 2.24) is 19.7 Å². The van der Waals surface area contributed by atoms with Crippen LogP contribution in [0.15, 0.2) is 57.7 Å². The monoisotopic (exact) mass is 478 g/mol. The molecule has 0 spiro atoms. The van der Waals surface area contributed by atoms with Gasteiger partial charge >= 0.3 is 0 Å². The van der Waals surface area contributed by atoms with Gasteiger partial charge in [-0.25, -0.2) is 0 Å². The van der Waals surface area contributed by atoms with Crippen molar-refractivity contribution in [2.24, 2.45) is 0 Å². The third-order valence-corrected chi connectivity index (χ3v) is 5.18. The molecule has 0 radical (unpaired) electrons. The van der Waals surface area contributed by atoms with Crippen LogP contribution in [-0.2, 0) is 17.8 Å². The van der Waals surface area contributed by atoms with Crippen LogP contribution in [-0.4, -0.2) is 45.2 Å². The maximum atomic E-state index is 13.8. The van der Waals surface area contributed by atoms with E-state index in [4.69, 9.17) is 18.6 Å². The van der Waals surface area contributed by atoms with E-state index in [0.29, 0.717) is 29.5 Å². The highest BCUT2D eigenvalue weighted by molar-refractivity contribution is 5.63. The van der Waals surface area contributed by atoms with Crippen molar-refractivity contribution in [3.8, 4) is 34.5 Å². The van der Waals surface area contributed by atoms with E-state index in [9.17, 15) is 9.90 Å². The number of aromatic hydroxyl groups is 1. The standard InChI is InChI=1S/C25H26N4O6/c1-15(2)34-14-19-26-23(30)21(24-28-27-20(35-24)13-16-9-6-5-7-10-16)25(31)29(19)22-17(32-3)11-8-12-18(22)33-4/h5-12,15,30H,13-14H2,1-4H3. The molecule has 0 fully saturated rings. The zero-order valence-corrected chi connectivity index (χ0v) is 19.9. The third-order valence-electron chi connectivity index (χ3n) is 5.18. The highest BCUT2D eigenvalue weighted by Crippen LogP contribution is 2.34. The molecule has 0 unspecified atom stereocenters. The summed E-state index contributed by atoms with van der Waals surface area (Å²) in [7, 11) is 2.96. The summed E-state index contributed by atoms with van der Waals surface area (Å²) in [5.74, 6) is 0.481. The Bertz CT molecular complexity index is 1340. The van der Waals surface area contributed by atoms with Gasteiger partial charge < -0.3 is 23.7 Å². The van der Waals surface area contributed by atoms with E-state index in [0.717, 1.165) is 5.56 Å². The molecule has 182 valence electrons. The highest BCUT2D eigenvalue weighted by Gasteiger charge is 2.26. The van der Waals surface area contributed by atoms with Crippen LogP contribution in [0.4, 0.5) is 0 Å². The zero-order valence-electron chi connectivity index (χ0n) is 19.9. The predicted molar refractivity (Wildman–Crippen MR) is 127 cm³/mol. The third kappa shape index (κ3) is 5.02. The number of hydrogen-bond donors (Lipinski definition) is 1. The largest absolute Gasteiger partial charge is 0.494 e. The van der Waals surface area contributed by atoms with E-state index in [-0.39, 0.29) is 30.0 Å². The average molecular weight is 479 g/mol. The second-order valence-corrected chi connectivity index (χ2v) is 7.90. The smallest absolute Gasteiger partial charge is 0.275 e. The molecule has 2 aromatic heterocycles. The Morgan fingerprint density at radius 1 is 1.00 bits per heavy atom. The van der Waals surface area contributed by atoms with E-state index in [1.54, 1.807) is 18.2 Å². The van der Waals surface area contributed by atoms with E-state index in [1.807, 2.05) is 44.2 Å². The Balaban J connectivity index is 1.88. The summed E-state index contributed by atoms with van der Waals surface area (Å²) in [6.07, 6.45) is 0.231. The van der Waals surface area contributed by atoms with Crippen molar-refractivity contribution in [3.05, 3.63) is 76.2 Å². The maximum Gasteiger partial charge on any atom is 0.275 e. The summed E-state index contributed by atoms with van der Waals surface area (Å²) >= 11 is 0. The van der Waals surface area contributed by atoms with E-state index in [2.05, 4.69) is 15.2 Å². The van der Waals surface area contributed by atoms with Gasteiger partial charge in [-0.1, -0.05) is 36.4 Å². The SMILES string of the molecule is COc1cccc(OC)c1-n1c(COC(C)C)nc(O)c(-c2nnc(Cc3ccccc3)o2)c1=O. The molecule has 10 heteroatoms. The first-order valence-corrected chi connectivity index (χ1v) is 11.0. The number of methoxy groups -OCH3 is 2. The first-order chi connectivity index (χ1) is 16.9. The van der Waals surface area contributed by atoms with Crippen LogP contribution < -0.4 is 15.0 Å². The Morgan fingerprint density at radius 3 is 2.31 bits per heavy atom. The van der Waals surface area contributed by atoms with Crippen molar-refractivity contribution in [2.45, 2.75) is 33.0 Å². The molecule has 10 nitrogen and oxygen atoms in total. The minimum absolute atomic E-state index is 0.0506. The van der Waals surface area contributed by atoms with Gasteiger partial charge in [-0.05, 0) is 31.5 Å². The normalized spacial score (nSPS) is 11.1. The van der Waals surface area contributed by atoms with Gasteiger partial charge in [0, 0.05) is 0 Å². The van der Waals surface area contributed by atoms with Gasteiger partial charge in [0.2, 0.25) is 11.8 Å². The maximum absolute atomic E-state index is 13.8. The fraction of sp³-hybridized carbons (Fsp3) is 0.280. The summed E-state index contributed by atoms with van der Waals surface area (Å²) < 4.78 is 23.7. The van der Waals surface area contributed by atoms with Gasteiger partial charge in [0.05, 0.1) is 26.7 Å². The Morgan fingerprint density at radius 2 is 1.69 bits per heavy atom. The molecule has 0 bridgehead atoms. The molecule has 0 aliphatic rings. The average Bonchev–Trinajstić information content (AvgIpc) is 3.30. The molecular formula is C25H26N4O6. The Labute approximate surface area is 201 Å². The van der Waals surface area contributed by atoms with Crippen molar-refractivity contribution < 1.29 is 23.7 Å². The van der Waals surface area contributed by atoms with Crippen molar-refractivity contribution >= 4 is 0 Å². The van der Waals surface area contributed by atoms with Gasteiger partial charge in [0.15, 0.2) is 5.56 Å². The Hall–Kier alpha value is -4.18. The molecule has 2 aromatic carbocycles. The number of rotatable bonds is 9. The molecule has 0 saturated heterocycles. The Kier molecular flexibility index (Phi) is 7.11. The molecule has 4 rings (SSSR count). The van der Waals surface area contributed by atoms with Crippen molar-refractivity contribution in [1.29, 1.82) is 0 Å². The lowest BCUT2D eigenvalue weighted by atomic mass is 10.2. The zero-order chi connectivity index (χ0) is 24.9. The predicted octanol–water partition coefficient (Wildman–Crippen LogP) is 3.52. The molecule has 0 amide bonds. The van der Waals surface area contributed by atoms with E-state index >= 15 is 0 Å². The molecular weight excluding hydrogens is 452 g/mol. The van der Waals surface area contributed by atoms with Crippen molar-refractivity contribution in [3.63, 3.8) is 0 Å². The molecule has 0 aliphatic carbocycles. The second kappa shape index (κ2) is 10.4. The van der Waals surface area contributed by atoms with E-state index in [1.165, 1.54) is 18.8 Å². The lowest BCUT2D eigenvalue weighted by Crippen LogP contribution is -2.27. The van der Waals surface area contributed by atoms with Gasteiger partial charge in [0.25, 0.3) is 11.4 Å². The number of hydrogen-bond acceptors (Lipinski definition) is 9. The molecule has 1 N–H and O–H groups in total. The summed E-state index contributed by atoms with van der Waals surface area (Å²) in [6.45, 7) is 3.66. The minimum Gasteiger partial charge on any atom is -0.494 e. The van der Waals surface area contributed by atoms with Crippen LogP contribution in [0.2, 0.25) is 0 Å². The lowest BCUT2D eigenvalue weighted by Gasteiger charge is -2.19. The van der Waals surface area contributed by atoms with Crippen LogP contribution in [0.3, 0.4) is 0 Å². The summed E-state index contributed by atoms with van der Waals surface area (Å²) in [4.78, 5) is 18.1. The van der Waals surface area contributed by atoms with Crippen LogP contribution in [0.25, 0.3) is 17.1 Å². The topological polar surface area (TPSA) is 122 Å². The minimum atomic E-state index is -0.641. The van der Waals surface area contributed by atoms with Gasteiger partial charge in [-0.15, -0.1) is 10.2 Å². The quantitative estimate of drug-likeness (QED) is 0.385. The second-order valence-electron chi connectivity index (χ2n) is 7.90. The summed E-state index contributed by atoms with van der Waals surface area (Å²) in [5.41, 5.74) is 0.390. The van der Waals surface area contributed by atoms with Crippen molar-refractivity contribution in [2.75, 3.05) is 14.2 Å². The van der Waals surface area contributed by atoms with Crippen LogP contribution in [0.1, 0.15) is 31.1 Å². The highest BCUT2D eigenvalue weighted by atomic mass is 16.5. The van der Waals surface area contributed by atoms with Crippen LogP contribution in [0, 0.1) is 0 Å². The van der Waals surface area contributed by atoms with Gasteiger partial charge in [0.1, 0.15) is 29.6 Å². The fourth-order valence-corrected chi connectivity index (χ4v) is 3.56. The molecule has 0 aliphatic heterocycles. The summed E-state index contributed by atoms with van der Waals surface area (Å²) in [5, 5.41) is 18.8. The molecule has 0 atom stereocenters.